The van der Waals surface area contributed by atoms with Crippen LogP contribution in [0.4, 0.5) is 5.69 Å². The SMILES string of the molecule is COc1ccc(N2CCN(CCCNC(=O)CCc3ccc(-c4ccccc4)o3)CC2)cc1. The predicted molar refractivity (Wildman–Crippen MR) is 132 cm³/mol. The summed E-state index contributed by atoms with van der Waals surface area (Å²) in [4.78, 5) is 17.1. The smallest absolute Gasteiger partial charge is 0.220 e. The average molecular weight is 448 g/mol. The van der Waals surface area contributed by atoms with Gasteiger partial charge in [0.15, 0.2) is 0 Å². The summed E-state index contributed by atoms with van der Waals surface area (Å²) in [7, 11) is 1.69. The minimum absolute atomic E-state index is 0.0805. The first kappa shape index (κ1) is 22.9. The maximum absolute atomic E-state index is 12.2. The van der Waals surface area contributed by atoms with Crippen molar-refractivity contribution in [2.45, 2.75) is 19.3 Å². The molecule has 6 nitrogen and oxygen atoms in total. The average Bonchev–Trinajstić information content (AvgIpc) is 3.36. The van der Waals surface area contributed by atoms with Gasteiger partial charge in [-0.3, -0.25) is 9.69 Å². The number of piperazine rings is 1. The molecule has 1 amide bonds. The second kappa shape index (κ2) is 11.6. The number of carbonyl (C=O) groups is 1. The number of amides is 1. The molecule has 174 valence electrons. The lowest BCUT2D eigenvalue weighted by Gasteiger charge is -2.36. The number of ether oxygens (including phenoxy) is 1. The molecule has 1 aliphatic heterocycles. The number of rotatable bonds is 10. The number of benzene rings is 2. The number of aryl methyl sites for hydroxylation is 1. The van der Waals surface area contributed by atoms with Crippen molar-refractivity contribution in [1.82, 2.24) is 10.2 Å². The van der Waals surface area contributed by atoms with Gasteiger partial charge in [0.1, 0.15) is 17.3 Å². The topological polar surface area (TPSA) is 58.0 Å². The Morgan fingerprint density at radius 1 is 0.970 bits per heavy atom. The third-order valence-electron chi connectivity index (χ3n) is 6.10. The molecule has 33 heavy (non-hydrogen) atoms. The quantitative estimate of drug-likeness (QED) is 0.472. The highest BCUT2D eigenvalue weighted by atomic mass is 16.5. The van der Waals surface area contributed by atoms with Crippen LogP contribution >= 0.6 is 0 Å². The first-order valence-electron chi connectivity index (χ1n) is 11.7. The van der Waals surface area contributed by atoms with E-state index in [1.165, 1.54) is 5.69 Å². The fraction of sp³-hybridized carbons (Fsp3) is 0.370. The monoisotopic (exact) mass is 447 g/mol. The van der Waals surface area contributed by atoms with Crippen LogP contribution in [0.5, 0.6) is 5.75 Å². The third-order valence-corrected chi connectivity index (χ3v) is 6.10. The van der Waals surface area contributed by atoms with E-state index in [0.29, 0.717) is 19.4 Å². The van der Waals surface area contributed by atoms with Gasteiger partial charge in [0.2, 0.25) is 5.91 Å². The van der Waals surface area contributed by atoms with Crippen LogP contribution in [0.2, 0.25) is 0 Å². The van der Waals surface area contributed by atoms with Gasteiger partial charge in [-0.05, 0) is 49.4 Å². The number of hydrogen-bond acceptors (Lipinski definition) is 5. The Labute approximate surface area is 196 Å². The highest BCUT2D eigenvalue weighted by molar-refractivity contribution is 5.76. The van der Waals surface area contributed by atoms with Gasteiger partial charge in [0.05, 0.1) is 7.11 Å². The van der Waals surface area contributed by atoms with Crippen LogP contribution in [0.1, 0.15) is 18.6 Å². The Morgan fingerprint density at radius 3 is 2.45 bits per heavy atom. The molecule has 0 radical (unpaired) electrons. The van der Waals surface area contributed by atoms with Gasteiger partial charge in [0, 0.05) is 56.8 Å². The Morgan fingerprint density at radius 2 is 1.73 bits per heavy atom. The summed E-state index contributed by atoms with van der Waals surface area (Å²) >= 11 is 0. The molecule has 0 atom stereocenters. The molecule has 1 aliphatic rings. The maximum atomic E-state index is 12.2. The lowest BCUT2D eigenvalue weighted by atomic mass is 10.2. The lowest BCUT2D eigenvalue weighted by molar-refractivity contribution is -0.121. The standard InChI is InChI=1S/C27H33N3O3/c1-32-24-10-8-23(9-11-24)30-20-18-29(19-21-30)17-5-16-28-27(31)15-13-25-12-14-26(33-25)22-6-3-2-4-7-22/h2-4,6-12,14H,5,13,15-21H2,1H3,(H,28,31). The van der Waals surface area contributed by atoms with Crippen LogP contribution in [0.25, 0.3) is 11.3 Å². The highest BCUT2D eigenvalue weighted by Gasteiger charge is 2.17. The Kier molecular flexibility index (Phi) is 8.04. The molecule has 2 heterocycles. The molecule has 1 fully saturated rings. The molecule has 6 heteroatoms. The largest absolute Gasteiger partial charge is 0.497 e. The second-order valence-corrected chi connectivity index (χ2v) is 8.36. The molecule has 3 aromatic rings. The van der Waals surface area contributed by atoms with E-state index in [9.17, 15) is 4.79 Å². The second-order valence-electron chi connectivity index (χ2n) is 8.36. The number of hydrogen-bond donors (Lipinski definition) is 1. The van der Waals surface area contributed by atoms with Crippen molar-refractivity contribution in [2.24, 2.45) is 0 Å². The molecule has 0 aliphatic carbocycles. The van der Waals surface area contributed by atoms with E-state index >= 15 is 0 Å². The lowest BCUT2D eigenvalue weighted by Crippen LogP contribution is -2.47. The number of nitrogens with one attached hydrogen (secondary N) is 1. The van der Waals surface area contributed by atoms with E-state index in [0.717, 1.165) is 62.0 Å². The van der Waals surface area contributed by atoms with Gasteiger partial charge in [0.25, 0.3) is 0 Å². The molecule has 0 saturated carbocycles. The van der Waals surface area contributed by atoms with E-state index in [1.807, 2.05) is 54.6 Å². The number of furan rings is 1. The van der Waals surface area contributed by atoms with Crippen molar-refractivity contribution < 1.29 is 13.9 Å². The minimum atomic E-state index is 0.0805. The fourth-order valence-corrected chi connectivity index (χ4v) is 4.15. The fourth-order valence-electron chi connectivity index (χ4n) is 4.15. The zero-order valence-corrected chi connectivity index (χ0v) is 19.3. The van der Waals surface area contributed by atoms with Crippen molar-refractivity contribution in [3.8, 4) is 17.1 Å². The van der Waals surface area contributed by atoms with E-state index in [4.69, 9.17) is 9.15 Å². The molecule has 4 rings (SSSR count). The van der Waals surface area contributed by atoms with Crippen LogP contribution < -0.4 is 15.0 Å². The summed E-state index contributed by atoms with van der Waals surface area (Å²) in [6, 6.07) is 22.2. The minimum Gasteiger partial charge on any atom is -0.497 e. The summed E-state index contributed by atoms with van der Waals surface area (Å²) in [5.41, 5.74) is 2.30. The van der Waals surface area contributed by atoms with Crippen molar-refractivity contribution in [3.05, 3.63) is 72.5 Å². The third kappa shape index (κ3) is 6.62. The Balaban J connectivity index is 1.09. The first-order chi connectivity index (χ1) is 16.2. The number of carbonyl (C=O) groups excluding carboxylic acids is 1. The van der Waals surface area contributed by atoms with Crippen LogP contribution in [-0.4, -0.2) is 57.2 Å². The molecule has 1 aromatic heterocycles. The number of nitrogens with zero attached hydrogens (tertiary/aromatic N) is 2. The zero-order valence-electron chi connectivity index (χ0n) is 19.3. The zero-order chi connectivity index (χ0) is 22.9. The molecular weight excluding hydrogens is 414 g/mol. The summed E-state index contributed by atoms with van der Waals surface area (Å²) in [5.74, 6) is 2.66. The van der Waals surface area contributed by atoms with E-state index < -0.39 is 0 Å². The number of anilines is 1. The summed E-state index contributed by atoms with van der Waals surface area (Å²) in [5, 5.41) is 3.05. The molecule has 1 N–H and O–H groups in total. The van der Waals surface area contributed by atoms with Crippen LogP contribution in [0.15, 0.2) is 71.1 Å². The van der Waals surface area contributed by atoms with Crippen LogP contribution in [0, 0.1) is 0 Å². The van der Waals surface area contributed by atoms with Gasteiger partial charge < -0.3 is 19.4 Å². The summed E-state index contributed by atoms with van der Waals surface area (Å²) in [6.45, 7) is 5.85. The summed E-state index contributed by atoms with van der Waals surface area (Å²) < 4.78 is 11.1. The predicted octanol–water partition coefficient (Wildman–Crippen LogP) is 4.22. The van der Waals surface area contributed by atoms with E-state index in [1.54, 1.807) is 7.11 Å². The van der Waals surface area contributed by atoms with Crippen LogP contribution in [0.3, 0.4) is 0 Å². The van der Waals surface area contributed by atoms with Gasteiger partial charge in [-0.15, -0.1) is 0 Å². The highest BCUT2D eigenvalue weighted by Crippen LogP contribution is 2.22. The van der Waals surface area contributed by atoms with Gasteiger partial charge >= 0.3 is 0 Å². The van der Waals surface area contributed by atoms with Gasteiger partial charge in [-0.2, -0.15) is 0 Å². The number of methoxy groups -OCH3 is 1. The molecule has 0 unspecified atom stereocenters. The van der Waals surface area contributed by atoms with E-state index in [2.05, 4.69) is 27.2 Å². The molecule has 2 aromatic carbocycles. The van der Waals surface area contributed by atoms with Crippen molar-refractivity contribution in [1.29, 1.82) is 0 Å². The normalized spacial score (nSPS) is 14.3. The van der Waals surface area contributed by atoms with Crippen LogP contribution in [-0.2, 0) is 11.2 Å². The van der Waals surface area contributed by atoms with Crippen molar-refractivity contribution >= 4 is 11.6 Å². The maximum Gasteiger partial charge on any atom is 0.220 e. The first-order valence-corrected chi connectivity index (χ1v) is 11.7. The van der Waals surface area contributed by atoms with Gasteiger partial charge in [-0.25, -0.2) is 0 Å². The molecule has 0 bridgehead atoms. The Bertz CT molecular complexity index is 993. The van der Waals surface area contributed by atoms with E-state index in [-0.39, 0.29) is 5.91 Å². The molecule has 1 saturated heterocycles. The van der Waals surface area contributed by atoms with Gasteiger partial charge in [-0.1, -0.05) is 30.3 Å². The summed E-state index contributed by atoms with van der Waals surface area (Å²) in [6.07, 6.45) is 2.03. The van der Waals surface area contributed by atoms with Crippen molar-refractivity contribution in [2.75, 3.05) is 51.3 Å². The molecular formula is C27H33N3O3. The molecule has 0 spiro atoms. The Hall–Kier alpha value is -3.25. The van der Waals surface area contributed by atoms with Crippen molar-refractivity contribution in [3.63, 3.8) is 0 Å².